The van der Waals surface area contributed by atoms with Crippen LogP contribution in [0.3, 0.4) is 0 Å². The van der Waals surface area contributed by atoms with Gasteiger partial charge in [-0.25, -0.2) is 12.8 Å². The van der Waals surface area contributed by atoms with Crippen molar-refractivity contribution in [2.75, 3.05) is 26.2 Å². The van der Waals surface area contributed by atoms with E-state index in [-0.39, 0.29) is 42.5 Å². The van der Waals surface area contributed by atoms with Crippen molar-refractivity contribution < 1.29 is 30.5 Å². The minimum Gasteiger partial charge on any atom is -0.338 e. The topological polar surface area (TPSA) is 79.5 Å². The van der Waals surface area contributed by atoms with E-state index in [2.05, 4.69) is 10.1 Å². The van der Waals surface area contributed by atoms with Crippen LogP contribution in [0.1, 0.15) is 17.0 Å². The maximum Gasteiger partial charge on any atom is 0.416 e. The summed E-state index contributed by atoms with van der Waals surface area (Å²) in [4.78, 5) is 6.07. The van der Waals surface area contributed by atoms with Crippen LogP contribution in [0.15, 0.2) is 53.1 Å². The molecule has 4 rings (SSSR count). The lowest BCUT2D eigenvalue weighted by Gasteiger charge is -2.33. The quantitative estimate of drug-likeness (QED) is 0.498. The number of nitrogens with zero attached hydrogens (tertiary/aromatic N) is 4. The average molecular weight is 484 g/mol. The first-order valence-electron chi connectivity index (χ1n) is 10.1. The molecule has 0 aliphatic carbocycles. The summed E-state index contributed by atoms with van der Waals surface area (Å²) in [6.45, 7) is 1.43. The van der Waals surface area contributed by atoms with E-state index in [9.17, 15) is 26.0 Å². The maximum absolute atomic E-state index is 13.8. The zero-order valence-corrected chi connectivity index (χ0v) is 18.1. The molecule has 0 radical (unpaired) electrons. The Hall–Kier alpha value is -2.83. The van der Waals surface area contributed by atoms with E-state index in [0.29, 0.717) is 13.1 Å². The predicted octanol–water partition coefficient (Wildman–Crippen LogP) is 3.54. The molecule has 1 aromatic heterocycles. The average Bonchev–Trinajstić information content (AvgIpc) is 3.24. The molecule has 33 heavy (non-hydrogen) atoms. The summed E-state index contributed by atoms with van der Waals surface area (Å²) in [6.07, 6.45) is -4.48. The van der Waals surface area contributed by atoms with Crippen LogP contribution < -0.4 is 0 Å². The Labute approximate surface area is 187 Å². The maximum atomic E-state index is 13.8. The van der Waals surface area contributed by atoms with E-state index < -0.39 is 33.3 Å². The standard InChI is InChI=1S/C21H20F4N4O3S/c22-18-7-2-1-4-16(18)14-33(30,31)29-10-8-28(9-11-29)13-19-26-20(27-32-19)15-5-3-6-17(12-15)21(23,24)25/h1-7,12H,8-11,13-14H2. The fraction of sp³-hybridized carbons (Fsp3) is 0.333. The number of alkyl halides is 3. The highest BCUT2D eigenvalue weighted by molar-refractivity contribution is 7.88. The molecular weight excluding hydrogens is 464 g/mol. The second kappa shape index (κ2) is 9.20. The van der Waals surface area contributed by atoms with E-state index in [1.54, 1.807) is 6.07 Å². The van der Waals surface area contributed by atoms with Crippen molar-refractivity contribution in [1.29, 1.82) is 0 Å². The van der Waals surface area contributed by atoms with Gasteiger partial charge in [-0.2, -0.15) is 22.5 Å². The molecule has 1 aliphatic rings. The monoisotopic (exact) mass is 484 g/mol. The van der Waals surface area contributed by atoms with Gasteiger partial charge < -0.3 is 4.52 Å². The molecular formula is C21H20F4N4O3S. The molecule has 0 N–H and O–H groups in total. The number of sulfonamides is 1. The highest BCUT2D eigenvalue weighted by Crippen LogP contribution is 2.31. The molecule has 1 saturated heterocycles. The van der Waals surface area contributed by atoms with Crippen LogP contribution in [0.4, 0.5) is 17.6 Å². The lowest BCUT2D eigenvalue weighted by Crippen LogP contribution is -2.48. The summed E-state index contributed by atoms with van der Waals surface area (Å²) in [5, 5.41) is 3.76. The molecule has 0 amide bonds. The molecule has 1 fully saturated rings. The zero-order valence-electron chi connectivity index (χ0n) is 17.3. The van der Waals surface area contributed by atoms with Crippen LogP contribution in [-0.2, 0) is 28.5 Å². The molecule has 0 saturated carbocycles. The number of halogens is 4. The van der Waals surface area contributed by atoms with Crippen LogP contribution in [0.2, 0.25) is 0 Å². The number of hydrogen-bond acceptors (Lipinski definition) is 6. The second-order valence-electron chi connectivity index (χ2n) is 7.61. The van der Waals surface area contributed by atoms with E-state index >= 15 is 0 Å². The Morgan fingerprint density at radius 2 is 1.73 bits per heavy atom. The molecule has 0 bridgehead atoms. The van der Waals surface area contributed by atoms with Gasteiger partial charge in [0.25, 0.3) is 0 Å². The Morgan fingerprint density at radius 1 is 1.00 bits per heavy atom. The van der Waals surface area contributed by atoms with Crippen LogP contribution in [-0.4, -0.2) is 53.9 Å². The second-order valence-corrected chi connectivity index (χ2v) is 9.58. The lowest BCUT2D eigenvalue weighted by atomic mass is 10.1. The molecule has 0 spiro atoms. The van der Waals surface area contributed by atoms with Crippen molar-refractivity contribution in [2.24, 2.45) is 0 Å². The third-order valence-corrected chi connectivity index (χ3v) is 7.12. The summed E-state index contributed by atoms with van der Waals surface area (Å²) in [5.41, 5.74) is -0.504. The first kappa shape index (κ1) is 23.3. The summed E-state index contributed by atoms with van der Waals surface area (Å²) in [7, 11) is -3.68. The van der Waals surface area contributed by atoms with Crippen LogP contribution in [0, 0.1) is 5.82 Å². The van der Waals surface area contributed by atoms with Gasteiger partial charge in [-0.05, 0) is 18.2 Å². The van der Waals surface area contributed by atoms with Gasteiger partial charge >= 0.3 is 6.18 Å². The van der Waals surface area contributed by atoms with Crippen LogP contribution >= 0.6 is 0 Å². The molecule has 2 heterocycles. The van der Waals surface area contributed by atoms with Gasteiger partial charge in [-0.15, -0.1) is 0 Å². The van der Waals surface area contributed by atoms with Crippen molar-refractivity contribution >= 4 is 10.0 Å². The Kier molecular flexibility index (Phi) is 6.50. The van der Waals surface area contributed by atoms with Gasteiger partial charge in [-0.3, -0.25) is 4.90 Å². The van der Waals surface area contributed by atoms with E-state index in [1.165, 1.54) is 34.6 Å². The fourth-order valence-electron chi connectivity index (χ4n) is 3.53. The largest absolute Gasteiger partial charge is 0.416 e. The van der Waals surface area contributed by atoms with E-state index in [4.69, 9.17) is 4.52 Å². The van der Waals surface area contributed by atoms with Crippen LogP contribution in [0.25, 0.3) is 11.4 Å². The summed E-state index contributed by atoms with van der Waals surface area (Å²) < 4.78 is 84.4. The smallest absolute Gasteiger partial charge is 0.338 e. The molecule has 3 aromatic rings. The summed E-state index contributed by atoms with van der Waals surface area (Å²) in [5.74, 6) is -0.719. The molecule has 0 atom stereocenters. The molecule has 7 nitrogen and oxygen atoms in total. The molecule has 1 aliphatic heterocycles. The van der Waals surface area contributed by atoms with E-state index in [1.807, 2.05) is 4.90 Å². The highest BCUT2D eigenvalue weighted by Gasteiger charge is 2.31. The van der Waals surface area contributed by atoms with Crippen molar-refractivity contribution in [3.8, 4) is 11.4 Å². The molecule has 2 aromatic carbocycles. The number of aromatic nitrogens is 2. The SMILES string of the molecule is O=S(=O)(Cc1ccccc1F)N1CCN(Cc2nc(-c3cccc(C(F)(F)F)c3)no2)CC1. The zero-order chi connectivity index (χ0) is 23.6. The Balaban J connectivity index is 1.35. The Bertz CT molecular complexity index is 1220. The molecule has 176 valence electrons. The number of piperazine rings is 1. The van der Waals surface area contributed by atoms with Crippen LogP contribution in [0.5, 0.6) is 0 Å². The third-order valence-electron chi connectivity index (χ3n) is 5.30. The fourth-order valence-corrected chi connectivity index (χ4v) is 5.06. The first-order chi connectivity index (χ1) is 15.6. The van der Waals surface area contributed by atoms with Gasteiger partial charge in [0.15, 0.2) is 0 Å². The lowest BCUT2D eigenvalue weighted by molar-refractivity contribution is -0.137. The van der Waals surface area contributed by atoms with Gasteiger partial charge in [0, 0.05) is 37.3 Å². The normalized spacial score (nSPS) is 16.2. The van der Waals surface area contributed by atoms with Gasteiger partial charge in [0.1, 0.15) is 5.82 Å². The van der Waals surface area contributed by atoms with Crippen molar-refractivity contribution in [3.63, 3.8) is 0 Å². The van der Waals surface area contributed by atoms with Crippen molar-refractivity contribution in [2.45, 2.75) is 18.5 Å². The Morgan fingerprint density at radius 3 is 2.42 bits per heavy atom. The number of rotatable bonds is 6. The summed E-state index contributed by atoms with van der Waals surface area (Å²) in [6, 6.07) is 10.4. The van der Waals surface area contributed by atoms with Gasteiger partial charge in [0.05, 0.1) is 17.9 Å². The molecule has 12 heteroatoms. The highest BCUT2D eigenvalue weighted by atomic mass is 32.2. The minimum atomic E-state index is -4.48. The van der Waals surface area contributed by atoms with Crippen molar-refractivity contribution in [3.05, 3.63) is 71.4 Å². The van der Waals surface area contributed by atoms with Gasteiger partial charge in [-0.1, -0.05) is 35.5 Å². The van der Waals surface area contributed by atoms with Crippen molar-refractivity contribution in [1.82, 2.24) is 19.3 Å². The van der Waals surface area contributed by atoms with Gasteiger partial charge in [0.2, 0.25) is 21.7 Å². The first-order valence-corrected chi connectivity index (χ1v) is 11.7. The number of benzene rings is 2. The molecule has 0 unspecified atom stereocenters. The number of hydrogen-bond donors (Lipinski definition) is 0. The minimum absolute atomic E-state index is 0.0437. The summed E-state index contributed by atoms with van der Waals surface area (Å²) >= 11 is 0. The third kappa shape index (κ3) is 5.57. The van der Waals surface area contributed by atoms with E-state index in [0.717, 1.165) is 12.1 Å². The predicted molar refractivity (Wildman–Crippen MR) is 111 cm³/mol.